The van der Waals surface area contributed by atoms with E-state index in [1.165, 1.54) is 45.1 Å². The SMILES string of the molecule is CC1CCC(NCCCC2CC2)c2ccccc21. The van der Waals surface area contributed by atoms with Crippen molar-refractivity contribution in [1.29, 1.82) is 0 Å². The standard InChI is InChI=1S/C17H25N/c1-13-8-11-17(16-7-3-2-6-15(13)16)18-12-4-5-14-9-10-14/h2-3,6-7,13-14,17-18H,4-5,8-12H2,1H3. The fourth-order valence-corrected chi connectivity index (χ4v) is 3.29. The molecule has 1 heteroatoms. The number of hydrogen-bond acceptors (Lipinski definition) is 1. The Morgan fingerprint density at radius 3 is 2.61 bits per heavy atom. The predicted molar refractivity (Wildman–Crippen MR) is 76.8 cm³/mol. The Bertz CT molecular complexity index is 394. The summed E-state index contributed by atoms with van der Waals surface area (Å²) in [6.45, 7) is 3.56. The van der Waals surface area contributed by atoms with Gasteiger partial charge in [-0.15, -0.1) is 0 Å². The molecule has 2 unspecified atom stereocenters. The van der Waals surface area contributed by atoms with Gasteiger partial charge in [-0.25, -0.2) is 0 Å². The molecule has 18 heavy (non-hydrogen) atoms. The van der Waals surface area contributed by atoms with E-state index in [4.69, 9.17) is 0 Å². The summed E-state index contributed by atoms with van der Waals surface area (Å²) in [5.74, 6) is 1.82. The first-order valence-corrected chi connectivity index (χ1v) is 7.67. The van der Waals surface area contributed by atoms with Crippen molar-refractivity contribution in [2.75, 3.05) is 6.54 Å². The molecule has 0 aromatic heterocycles. The van der Waals surface area contributed by atoms with Crippen molar-refractivity contribution in [3.63, 3.8) is 0 Å². The molecular formula is C17H25N. The topological polar surface area (TPSA) is 12.0 Å². The average molecular weight is 243 g/mol. The quantitative estimate of drug-likeness (QED) is 0.756. The maximum Gasteiger partial charge on any atom is 0.0323 e. The van der Waals surface area contributed by atoms with Crippen LogP contribution in [-0.2, 0) is 0 Å². The number of hydrogen-bond donors (Lipinski definition) is 1. The average Bonchev–Trinajstić information content (AvgIpc) is 3.21. The lowest BCUT2D eigenvalue weighted by Gasteiger charge is -2.30. The van der Waals surface area contributed by atoms with Crippen LogP contribution in [0.2, 0.25) is 0 Å². The lowest BCUT2D eigenvalue weighted by Crippen LogP contribution is -2.27. The second-order valence-electron chi connectivity index (χ2n) is 6.20. The maximum atomic E-state index is 3.78. The van der Waals surface area contributed by atoms with Gasteiger partial charge >= 0.3 is 0 Å². The summed E-state index contributed by atoms with van der Waals surface area (Å²) in [7, 11) is 0. The van der Waals surface area contributed by atoms with Gasteiger partial charge in [-0.3, -0.25) is 0 Å². The van der Waals surface area contributed by atoms with Gasteiger partial charge in [0.15, 0.2) is 0 Å². The summed E-state index contributed by atoms with van der Waals surface area (Å²) < 4.78 is 0. The highest BCUT2D eigenvalue weighted by Crippen LogP contribution is 2.37. The van der Waals surface area contributed by atoms with Crippen molar-refractivity contribution in [2.45, 2.75) is 57.4 Å². The molecule has 1 aromatic carbocycles. The molecule has 0 aliphatic heterocycles. The van der Waals surface area contributed by atoms with Crippen LogP contribution in [0.15, 0.2) is 24.3 Å². The largest absolute Gasteiger partial charge is 0.310 e. The lowest BCUT2D eigenvalue weighted by molar-refractivity contribution is 0.424. The van der Waals surface area contributed by atoms with Crippen molar-refractivity contribution in [3.05, 3.63) is 35.4 Å². The van der Waals surface area contributed by atoms with E-state index in [0.29, 0.717) is 6.04 Å². The summed E-state index contributed by atoms with van der Waals surface area (Å²) in [5, 5.41) is 3.78. The van der Waals surface area contributed by atoms with Gasteiger partial charge in [0, 0.05) is 6.04 Å². The van der Waals surface area contributed by atoms with Crippen LogP contribution in [0.4, 0.5) is 0 Å². The van der Waals surface area contributed by atoms with Gasteiger partial charge in [0.05, 0.1) is 0 Å². The second kappa shape index (κ2) is 5.44. The van der Waals surface area contributed by atoms with Crippen molar-refractivity contribution in [2.24, 2.45) is 5.92 Å². The van der Waals surface area contributed by atoms with Crippen LogP contribution in [0.3, 0.4) is 0 Å². The Kier molecular flexibility index (Phi) is 3.69. The van der Waals surface area contributed by atoms with E-state index in [9.17, 15) is 0 Å². The Balaban J connectivity index is 1.57. The fraction of sp³-hybridized carbons (Fsp3) is 0.647. The smallest absolute Gasteiger partial charge is 0.0323 e. The van der Waals surface area contributed by atoms with Gasteiger partial charge in [0.1, 0.15) is 0 Å². The van der Waals surface area contributed by atoms with Gasteiger partial charge in [-0.2, -0.15) is 0 Å². The van der Waals surface area contributed by atoms with Gasteiger partial charge in [-0.05, 0) is 55.2 Å². The monoisotopic (exact) mass is 243 g/mol. The molecule has 3 rings (SSSR count). The van der Waals surface area contributed by atoms with E-state index in [-0.39, 0.29) is 0 Å². The zero-order valence-electron chi connectivity index (χ0n) is 11.5. The predicted octanol–water partition coefficient (Wildman–Crippen LogP) is 4.40. The van der Waals surface area contributed by atoms with Gasteiger partial charge < -0.3 is 5.32 Å². The van der Waals surface area contributed by atoms with E-state index >= 15 is 0 Å². The zero-order chi connectivity index (χ0) is 12.4. The molecule has 98 valence electrons. The number of nitrogens with one attached hydrogen (secondary N) is 1. The first-order chi connectivity index (χ1) is 8.84. The summed E-state index contributed by atoms with van der Waals surface area (Å²) in [5.41, 5.74) is 3.13. The molecule has 1 fully saturated rings. The maximum absolute atomic E-state index is 3.78. The molecular weight excluding hydrogens is 218 g/mol. The molecule has 1 saturated carbocycles. The molecule has 2 aliphatic carbocycles. The first kappa shape index (κ1) is 12.2. The summed E-state index contributed by atoms with van der Waals surface area (Å²) in [6.07, 6.45) is 8.42. The molecule has 0 bridgehead atoms. The van der Waals surface area contributed by atoms with E-state index in [1.807, 2.05) is 0 Å². The highest BCUT2D eigenvalue weighted by molar-refractivity contribution is 5.34. The van der Waals surface area contributed by atoms with Crippen LogP contribution in [0.1, 0.15) is 68.5 Å². The number of benzene rings is 1. The molecule has 0 saturated heterocycles. The third kappa shape index (κ3) is 2.77. The lowest BCUT2D eigenvalue weighted by atomic mass is 9.81. The molecule has 1 nitrogen and oxygen atoms in total. The van der Waals surface area contributed by atoms with Crippen molar-refractivity contribution >= 4 is 0 Å². The Labute approximate surface area is 111 Å². The molecule has 1 N–H and O–H groups in total. The van der Waals surface area contributed by atoms with Crippen molar-refractivity contribution in [3.8, 4) is 0 Å². The second-order valence-corrected chi connectivity index (χ2v) is 6.20. The van der Waals surface area contributed by atoms with Crippen LogP contribution in [0.25, 0.3) is 0 Å². The molecule has 0 amide bonds. The molecule has 0 radical (unpaired) electrons. The van der Waals surface area contributed by atoms with Crippen LogP contribution in [0, 0.1) is 5.92 Å². The minimum absolute atomic E-state index is 0.608. The van der Waals surface area contributed by atoms with Crippen molar-refractivity contribution < 1.29 is 0 Å². The normalized spacial score (nSPS) is 26.9. The van der Waals surface area contributed by atoms with Crippen LogP contribution < -0.4 is 5.32 Å². The van der Waals surface area contributed by atoms with E-state index < -0.39 is 0 Å². The summed E-state index contributed by atoms with van der Waals surface area (Å²) >= 11 is 0. The van der Waals surface area contributed by atoms with Crippen LogP contribution in [-0.4, -0.2) is 6.54 Å². The van der Waals surface area contributed by atoms with Gasteiger partial charge in [0.25, 0.3) is 0 Å². The Morgan fingerprint density at radius 2 is 1.83 bits per heavy atom. The van der Waals surface area contributed by atoms with E-state index in [2.05, 4.69) is 36.5 Å². The Morgan fingerprint density at radius 1 is 1.06 bits per heavy atom. The minimum Gasteiger partial charge on any atom is -0.310 e. The number of fused-ring (bicyclic) bond motifs is 1. The molecule has 0 heterocycles. The highest BCUT2D eigenvalue weighted by atomic mass is 14.9. The zero-order valence-corrected chi connectivity index (χ0v) is 11.5. The van der Waals surface area contributed by atoms with E-state index in [1.54, 1.807) is 11.1 Å². The third-order valence-electron chi connectivity index (χ3n) is 4.67. The van der Waals surface area contributed by atoms with Crippen LogP contribution >= 0.6 is 0 Å². The number of rotatable bonds is 5. The summed E-state index contributed by atoms with van der Waals surface area (Å²) in [4.78, 5) is 0. The Hall–Kier alpha value is -0.820. The van der Waals surface area contributed by atoms with Gasteiger partial charge in [0.2, 0.25) is 0 Å². The molecule has 1 aromatic rings. The van der Waals surface area contributed by atoms with Gasteiger partial charge in [-0.1, -0.05) is 44.0 Å². The highest BCUT2D eigenvalue weighted by Gasteiger charge is 2.24. The molecule has 2 atom stereocenters. The molecule has 0 spiro atoms. The summed E-state index contributed by atoms with van der Waals surface area (Å²) in [6, 6.07) is 9.62. The van der Waals surface area contributed by atoms with E-state index in [0.717, 1.165) is 11.8 Å². The molecule has 2 aliphatic rings. The third-order valence-corrected chi connectivity index (χ3v) is 4.67. The fourth-order valence-electron chi connectivity index (χ4n) is 3.29. The van der Waals surface area contributed by atoms with Crippen LogP contribution in [0.5, 0.6) is 0 Å². The first-order valence-electron chi connectivity index (χ1n) is 7.67. The van der Waals surface area contributed by atoms with Crippen molar-refractivity contribution in [1.82, 2.24) is 5.32 Å². The minimum atomic E-state index is 0.608.